The molecule has 1 aromatic rings. The predicted molar refractivity (Wildman–Crippen MR) is 95.9 cm³/mol. The third kappa shape index (κ3) is 4.14. The molecule has 1 aliphatic carbocycles. The Balaban J connectivity index is 0.00000208. The quantitative estimate of drug-likeness (QED) is 0.852. The van der Waals surface area contributed by atoms with Crippen molar-refractivity contribution >= 4 is 18.3 Å². The van der Waals surface area contributed by atoms with Crippen LogP contribution in [0.5, 0.6) is 11.5 Å². The fourth-order valence-corrected chi connectivity index (χ4v) is 3.65. The van der Waals surface area contributed by atoms with Crippen LogP contribution in [0.2, 0.25) is 0 Å². The van der Waals surface area contributed by atoms with Crippen LogP contribution in [0.1, 0.15) is 51.0 Å². The molecule has 0 aromatic heterocycles. The fourth-order valence-electron chi connectivity index (χ4n) is 3.65. The summed E-state index contributed by atoms with van der Waals surface area (Å²) in [6, 6.07) is 6.09. The molecule has 1 fully saturated rings. The zero-order valence-corrected chi connectivity index (χ0v) is 15.0. The summed E-state index contributed by atoms with van der Waals surface area (Å²) in [4.78, 5) is 12.0. The first-order valence-corrected chi connectivity index (χ1v) is 8.51. The molecule has 134 valence electrons. The van der Waals surface area contributed by atoms with Crippen LogP contribution in [0.3, 0.4) is 0 Å². The van der Waals surface area contributed by atoms with Crippen LogP contribution >= 0.6 is 12.4 Å². The first kappa shape index (κ1) is 18.9. The van der Waals surface area contributed by atoms with Gasteiger partial charge in [-0.2, -0.15) is 0 Å². The molecule has 24 heavy (non-hydrogen) atoms. The molecule has 0 spiro atoms. The van der Waals surface area contributed by atoms with Gasteiger partial charge in [0, 0.05) is 24.4 Å². The number of nitrogens with one attached hydrogen (secondary N) is 1. The molecule has 1 unspecified atom stereocenters. The van der Waals surface area contributed by atoms with E-state index in [1.54, 1.807) is 0 Å². The molecule has 5 nitrogen and oxygen atoms in total. The summed E-state index contributed by atoms with van der Waals surface area (Å²) in [5.41, 5.74) is 6.95. The molecule has 2 aliphatic rings. The van der Waals surface area contributed by atoms with Gasteiger partial charge in [0.25, 0.3) is 0 Å². The molecular weight excluding hydrogens is 328 g/mol. The third-order valence-corrected chi connectivity index (χ3v) is 4.93. The number of hydrogen-bond donors (Lipinski definition) is 2. The topological polar surface area (TPSA) is 73.6 Å². The molecule has 1 aromatic carbocycles. The van der Waals surface area contributed by atoms with Crippen LogP contribution in [0.4, 0.5) is 0 Å². The average molecular weight is 355 g/mol. The van der Waals surface area contributed by atoms with Gasteiger partial charge >= 0.3 is 0 Å². The number of carbonyl (C=O) groups excluding carboxylic acids is 1. The second-order valence-corrected chi connectivity index (χ2v) is 6.87. The van der Waals surface area contributed by atoms with Crippen molar-refractivity contribution in [3.63, 3.8) is 0 Å². The third-order valence-electron chi connectivity index (χ3n) is 4.93. The highest BCUT2D eigenvalue weighted by atomic mass is 35.5. The predicted octanol–water partition coefficient (Wildman–Crippen LogP) is 2.89. The van der Waals surface area contributed by atoms with Crippen LogP contribution in [0.15, 0.2) is 18.2 Å². The molecular formula is C18H27ClN2O3. The Morgan fingerprint density at radius 1 is 1.25 bits per heavy atom. The summed E-state index contributed by atoms with van der Waals surface area (Å²) in [6.45, 7) is 2.81. The number of halogens is 1. The minimum absolute atomic E-state index is 0. The van der Waals surface area contributed by atoms with E-state index in [4.69, 9.17) is 15.2 Å². The van der Waals surface area contributed by atoms with Gasteiger partial charge in [0.1, 0.15) is 0 Å². The summed E-state index contributed by atoms with van der Waals surface area (Å²) in [6.07, 6.45) is 6.20. The van der Waals surface area contributed by atoms with Gasteiger partial charge in [-0.3, -0.25) is 4.79 Å². The lowest BCUT2D eigenvalue weighted by molar-refractivity contribution is -0.121. The second-order valence-electron chi connectivity index (χ2n) is 6.87. The molecule has 1 saturated carbocycles. The minimum Gasteiger partial charge on any atom is -0.454 e. The van der Waals surface area contributed by atoms with Crippen molar-refractivity contribution in [2.45, 2.75) is 56.9 Å². The number of hydrogen-bond acceptors (Lipinski definition) is 4. The molecule has 0 bridgehead atoms. The number of nitrogens with two attached hydrogens (primary N) is 1. The van der Waals surface area contributed by atoms with E-state index in [9.17, 15) is 4.79 Å². The van der Waals surface area contributed by atoms with Gasteiger partial charge in [-0.05, 0) is 37.5 Å². The van der Waals surface area contributed by atoms with E-state index in [0.29, 0.717) is 13.0 Å². The number of benzene rings is 1. The Hall–Kier alpha value is -1.46. The van der Waals surface area contributed by atoms with E-state index in [1.807, 2.05) is 13.0 Å². The molecule has 1 atom stereocenters. The minimum atomic E-state index is -0.108. The van der Waals surface area contributed by atoms with Gasteiger partial charge in [-0.25, -0.2) is 0 Å². The van der Waals surface area contributed by atoms with E-state index < -0.39 is 0 Å². The molecule has 1 heterocycles. The molecule has 0 saturated heterocycles. The maximum Gasteiger partial charge on any atom is 0.231 e. The Morgan fingerprint density at radius 2 is 1.96 bits per heavy atom. The molecule has 0 radical (unpaired) electrons. The number of fused-ring (bicyclic) bond motifs is 1. The molecule has 3 N–H and O–H groups in total. The normalized spacial score (nSPS) is 19.2. The lowest BCUT2D eigenvalue weighted by Gasteiger charge is -2.38. The van der Waals surface area contributed by atoms with Crippen LogP contribution in [0.25, 0.3) is 0 Å². The first-order valence-electron chi connectivity index (χ1n) is 8.51. The zero-order chi connectivity index (χ0) is 16.3. The average Bonchev–Trinajstić information content (AvgIpc) is 3.01. The van der Waals surface area contributed by atoms with Gasteiger partial charge in [-0.15, -0.1) is 12.4 Å². The van der Waals surface area contributed by atoms with Gasteiger partial charge in [0.15, 0.2) is 11.5 Å². The van der Waals surface area contributed by atoms with Gasteiger partial charge in [0.2, 0.25) is 12.7 Å². The highest BCUT2D eigenvalue weighted by Crippen LogP contribution is 2.43. The van der Waals surface area contributed by atoms with E-state index in [0.717, 1.165) is 24.3 Å². The van der Waals surface area contributed by atoms with E-state index in [2.05, 4.69) is 17.4 Å². The zero-order valence-electron chi connectivity index (χ0n) is 14.2. The first-order chi connectivity index (χ1) is 11.1. The van der Waals surface area contributed by atoms with E-state index >= 15 is 0 Å². The van der Waals surface area contributed by atoms with E-state index in [1.165, 1.54) is 24.8 Å². The summed E-state index contributed by atoms with van der Waals surface area (Å²) in [7, 11) is 0. The second kappa shape index (κ2) is 8.08. The maximum absolute atomic E-state index is 12.0. The lowest BCUT2D eigenvalue weighted by Crippen LogP contribution is -2.43. The number of rotatable bonds is 5. The van der Waals surface area contributed by atoms with Crippen molar-refractivity contribution in [2.75, 3.05) is 13.3 Å². The van der Waals surface area contributed by atoms with E-state index in [-0.39, 0.29) is 36.6 Å². The highest BCUT2D eigenvalue weighted by molar-refractivity contribution is 5.85. The lowest BCUT2D eigenvalue weighted by atomic mass is 9.69. The molecule has 1 amide bonds. The SMILES string of the molecule is CC(N)CC(=O)NCC1(c2ccc3c(c2)OCO3)CCCCC1.Cl. The van der Waals surface area contributed by atoms with Crippen LogP contribution in [0, 0.1) is 0 Å². The van der Waals surface area contributed by atoms with Crippen molar-refractivity contribution in [1.29, 1.82) is 0 Å². The number of carbonyl (C=O) groups is 1. The highest BCUT2D eigenvalue weighted by Gasteiger charge is 2.35. The monoisotopic (exact) mass is 354 g/mol. The largest absolute Gasteiger partial charge is 0.454 e. The Bertz CT molecular complexity index is 571. The van der Waals surface area contributed by atoms with Crippen LogP contribution in [-0.4, -0.2) is 25.3 Å². The van der Waals surface area contributed by atoms with Gasteiger partial charge < -0.3 is 20.5 Å². The summed E-state index contributed by atoms with van der Waals surface area (Å²) < 4.78 is 10.9. The Labute approximate surface area is 149 Å². The van der Waals surface area contributed by atoms with Gasteiger partial charge in [0.05, 0.1) is 0 Å². The molecule has 3 rings (SSSR count). The van der Waals surface area contributed by atoms with Crippen LogP contribution in [-0.2, 0) is 10.2 Å². The summed E-state index contributed by atoms with van der Waals surface area (Å²) in [5, 5.41) is 3.10. The van der Waals surface area contributed by atoms with Crippen molar-refractivity contribution in [3.8, 4) is 11.5 Å². The smallest absolute Gasteiger partial charge is 0.231 e. The van der Waals surface area contributed by atoms with Crippen molar-refractivity contribution in [2.24, 2.45) is 5.73 Å². The van der Waals surface area contributed by atoms with Crippen molar-refractivity contribution in [3.05, 3.63) is 23.8 Å². The Morgan fingerprint density at radius 3 is 2.67 bits per heavy atom. The van der Waals surface area contributed by atoms with Gasteiger partial charge in [-0.1, -0.05) is 25.3 Å². The Kier molecular flexibility index (Phi) is 6.35. The fraction of sp³-hybridized carbons (Fsp3) is 0.611. The summed E-state index contributed by atoms with van der Waals surface area (Å²) in [5.74, 6) is 1.65. The molecule has 1 aliphatic heterocycles. The van der Waals surface area contributed by atoms with Crippen LogP contribution < -0.4 is 20.5 Å². The number of ether oxygens (including phenoxy) is 2. The number of amides is 1. The molecule has 6 heteroatoms. The maximum atomic E-state index is 12.0. The standard InChI is InChI=1S/C18H26N2O3.ClH/c1-13(19)9-17(21)20-11-18(7-3-2-4-8-18)14-5-6-15-16(10-14)23-12-22-15;/h5-6,10,13H,2-4,7-9,11-12,19H2,1H3,(H,20,21);1H. The van der Waals surface area contributed by atoms with Crippen molar-refractivity contribution in [1.82, 2.24) is 5.32 Å². The van der Waals surface area contributed by atoms with Crippen molar-refractivity contribution < 1.29 is 14.3 Å². The summed E-state index contributed by atoms with van der Waals surface area (Å²) >= 11 is 0.